The second kappa shape index (κ2) is 7.95. The first-order valence-electron chi connectivity index (χ1n) is 10.5. The van der Waals surface area contributed by atoms with E-state index in [9.17, 15) is 0 Å². The van der Waals surface area contributed by atoms with Gasteiger partial charge in [0.05, 0.1) is 41.7 Å². The van der Waals surface area contributed by atoms with E-state index in [4.69, 9.17) is 19.7 Å². The molecule has 1 saturated heterocycles. The Morgan fingerprint density at radius 2 is 1.79 bits per heavy atom. The third-order valence-corrected chi connectivity index (χ3v) is 6.05. The number of anilines is 1. The number of aryl methyl sites for hydroxylation is 3. The number of morpholine rings is 1. The van der Waals surface area contributed by atoms with Gasteiger partial charge < -0.3 is 15.0 Å². The van der Waals surface area contributed by atoms with Crippen molar-refractivity contribution in [1.82, 2.24) is 25.3 Å². The molecule has 7 heteroatoms. The van der Waals surface area contributed by atoms with Gasteiger partial charge in [0.25, 0.3) is 0 Å². The highest BCUT2D eigenvalue weighted by atomic mass is 16.5. The molecule has 1 N–H and O–H groups in total. The summed E-state index contributed by atoms with van der Waals surface area (Å²) in [7, 11) is 0. The van der Waals surface area contributed by atoms with Crippen molar-refractivity contribution in [2.75, 3.05) is 31.2 Å². The number of fused-ring (bicyclic) bond motifs is 1. The van der Waals surface area contributed by atoms with Crippen molar-refractivity contribution in [3.8, 4) is 0 Å². The monoisotopic (exact) mass is 396 g/mol. The van der Waals surface area contributed by atoms with Gasteiger partial charge in [0.15, 0.2) is 0 Å². The molecule has 0 saturated carbocycles. The number of nitrogens with zero attached hydrogens (tertiary/aromatic N) is 5. The minimum atomic E-state index is 0.186. The van der Waals surface area contributed by atoms with Crippen molar-refractivity contribution in [2.45, 2.75) is 60.0 Å². The van der Waals surface area contributed by atoms with E-state index in [1.807, 2.05) is 27.0 Å². The molecule has 2 aliphatic rings. The van der Waals surface area contributed by atoms with Crippen LogP contribution in [0.2, 0.25) is 0 Å². The van der Waals surface area contributed by atoms with Gasteiger partial charge in [-0.2, -0.15) is 0 Å². The van der Waals surface area contributed by atoms with Gasteiger partial charge in [0.2, 0.25) is 5.95 Å². The molecule has 0 spiro atoms. The molecule has 156 valence electrons. The van der Waals surface area contributed by atoms with Crippen LogP contribution < -0.4 is 10.2 Å². The van der Waals surface area contributed by atoms with Crippen LogP contribution in [0, 0.1) is 26.2 Å². The van der Waals surface area contributed by atoms with Gasteiger partial charge >= 0.3 is 0 Å². The SMILES string of the molecule is Cc1nc(C)c(CN[C@H]2CC(C)(C)Cc3nc(N4CCOCC4)ncc32)nc1C. The Labute approximate surface area is 173 Å². The highest BCUT2D eigenvalue weighted by molar-refractivity contribution is 5.37. The van der Waals surface area contributed by atoms with Crippen LogP contribution in [0.15, 0.2) is 6.20 Å². The third-order valence-electron chi connectivity index (χ3n) is 6.05. The van der Waals surface area contributed by atoms with Crippen molar-refractivity contribution >= 4 is 5.95 Å². The summed E-state index contributed by atoms with van der Waals surface area (Å²) in [6.45, 7) is 14.6. The van der Waals surface area contributed by atoms with E-state index < -0.39 is 0 Å². The smallest absolute Gasteiger partial charge is 0.225 e. The first-order chi connectivity index (χ1) is 13.8. The van der Waals surface area contributed by atoms with Gasteiger partial charge in [0, 0.05) is 37.4 Å². The molecule has 0 unspecified atom stereocenters. The first kappa shape index (κ1) is 20.2. The standard InChI is InChI=1S/C22H32N6O/c1-14-15(2)26-20(16(3)25-14)13-23-18-10-22(4,5)11-19-17(18)12-24-21(27-19)28-6-8-29-9-7-28/h12,18,23H,6-11,13H2,1-5H3/t18-/m0/s1. The average molecular weight is 397 g/mol. The van der Waals surface area contributed by atoms with Gasteiger partial charge in [-0.25, -0.2) is 9.97 Å². The molecule has 0 radical (unpaired) electrons. The summed E-state index contributed by atoms with van der Waals surface area (Å²) in [5, 5.41) is 3.72. The molecule has 1 fully saturated rings. The summed E-state index contributed by atoms with van der Waals surface area (Å²) in [4.78, 5) is 21.3. The molecular weight excluding hydrogens is 364 g/mol. The molecule has 0 aromatic carbocycles. The van der Waals surface area contributed by atoms with E-state index in [1.165, 1.54) is 5.56 Å². The predicted molar refractivity (Wildman–Crippen MR) is 113 cm³/mol. The van der Waals surface area contributed by atoms with E-state index in [-0.39, 0.29) is 11.5 Å². The van der Waals surface area contributed by atoms with Crippen LogP contribution in [0.1, 0.15) is 60.3 Å². The molecule has 4 rings (SSSR count). The van der Waals surface area contributed by atoms with Crippen molar-refractivity contribution in [2.24, 2.45) is 5.41 Å². The highest BCUT2D eigenvalue weighted by Gasteiger charge is 2.34. The van der Waals surface area contributed by atoms with E-state index in [2.05, 4.69) is 29.0 Å². The minimum absolute atomic E-state index is 0.186. The maximum absolute atomic E-state index is 5.47. The molecule has 1 atom stereocenters. The van der Waals surface area contributed by atoms with Crippen LogP contribution in [0.3, 0.4) is 0 Å². The zero-order valence-electron chi connectivity index (χ0n) is 18.2. The Kier molecular flexibility index (Phi) is 5.53. The van der Waals surface area contributed by atoms with Crippen molar-refractivity contribution in [1.29, 1.82) is 0 Å². The Hall–Kier alpha value is -2.12. The quantitative estimate of drug-likeness (QED) is 0.851. The Morgan fingerprint density at radius 3 is 2.55 bits per heavy atom. The van der Waals surface area contributed by atoms with Gasteiger partial charge in [0.1, 0.15) is 0 Å². The van der Waals surface area contributed by atoms with Gasteiger partial charge in [-0.15, -0.1) is 0 Å². The van der Waals surface area contributed by atoms with E-state index in [0.717, 1.165) is 73.6 Å². The van der Waals surface area contributed by atoms with Crippen LogP contribution in [0.4, 0.5) is 5.95 Å². The molecule has 1 aliphatic carbocycles. The molecule has 2 aromatic heterocycles. The molecule has 29 heavy (non-hydrogen) atoms. The fourth-order valence-corrected chi connectivity index (χ4v) is 4.28. The largest absolute Gasteiger partial charge is 0.378 e. The van der Waals surface area contributed by atoms with E-state index in [1.54, 1.807) is 0 Å². The van der Waals surface area contributed by atoms with Crippen LogP contribution in [-0.2, 0) is 17.7 Å². The van der Waals surface area contributed by atoms with Crippen LogP contribution in [0.25, 0.3) is 0 Å². The lowest BCUT2D eigenvalue weighted by Crippen LogP contribution is -2.39. The highest BCUT2D eigenvalue weighted by Crippen LogP contribution is 2.40. The number of rotatable bonds is 4. The number of nitrogens with one attached hydrogen (secondary N) is 1. The molecule has 3 heterocycles. The van der Waals surface area contributed by atoms with Crippen molar-refractivity contribution < 1.29 is 4.74 Å². The maximum Gasteiger partial charge on any atom is 0.225 e. The fourth-order valence-electron chi connectivity index (χ4n) is 4.28. The fraction of sp³-hybridized carbons (Fsp3) is 0.636. The summed E-state index contributed by atoms with van der Waals surface area (Å²) < 4.78 is 5.47. The summed E-state index contributed by atoms with van der Waals surface area (Å²) in [5.74, 6) is 0.833. The van der Waals surface area contributed by atoms with Crippen LogP contribution >= 0.6 is 0 Å². The Bertz CT molecular complexity index is 891. The summed E-state index contributed by atoms with van der Waals surface area (Å²) in [6, 6.07) is 0.218. The lowest BCUT2D eigenvalue weighted by Gasteiger charge is -2.37. The second-order valence-electron chi connectivity index (χ2n) is 9.08. The molecule has 0 bridgehead atoms. The molecular formula is C22H32N6O. The average Bonchev–Trinajstić information content (AvgIpc) is 2.69. The lowest BCUT2D eigenvalue weighted by molar-refractivity contribution is 0.122. The van der Waals surface area contributed by atoms with Gasteiger partial charge in [-0.3, -0.25) is 9.97 Å². The first-order valence-corrected chi connectivity index (χ1v) is 10.5. The number of aromatic nitrogens is 4. The van der Waals surface area contributed by atoms with Crippen LogP contribution in [0.5, 0.6) is 0 Å². The van der Waals surface area contributed by atoms with Gasteiger partial charge in [-0.05, 0) is 39.0 Å². The molecule has 0 amide bonds. The second-order valence-corrected chi connectivity index (χ2v) is 9.08. The zero-order chi connectivity index (χ0) is 20.6. The minimum Gasteiger partial charge on any atom is -0.378 e. The third kappa shape index (κ3) is 4.41. The Morgan fingerprint density at radius 1 is 1.07 bits per heavy atom. The van der Waals surface area contributed by atoms with E-state index >= 15 is 0 Å². The predicted octanol–water partition coefficient (Wildman–Crippen LogP) is 2.83. The Balaban J connectivity index is 1.56. The number of hydrogen-bond acceptors (Lipinski definition) is 7. The lowest BCUT2D eigenvalue weighted by atomic mass is 9.74. The van der Waals surface area contributed by atoms with E-state index in [0.29, 0.717) is 6.54 Å². The summed E-state index contributed by atoms with van der Waals surface area (Å²) in [5.41, 5.74) is 6.58. The topological polar surface area (TPSA) is 76.1 Å². The molecule has 7 nitrogen and oxygen atoms in total. The van der Waals surface area contributed by atoms with Crippen molar-refractivity contribution in [3.05, 3.63) is 40.2 Å². The van der Waals surface area contributed by atoms with Crippen LogP contribution in [-0.4, -0.2) is 46.2 Å². The zero-order valence-corrected chi connectivity index (χ0v) is 18.2. The molecule has 1 aliphatic heterocycles. The summed E-state index contributed by atoms with van der Waals surface area (Å²) >= 11 is 0. The number of ether oxygens (including phenoxy) is 1. The van der Waals surface area contributed by atoms with Gasteiger partial charge in [-0.1, -0.05) is 13.8 Å². The molecule has 2 aromatic rings. The maximum atomic E-state index is 5.47. The normalized spacial score (nSPS) is 21.1. The summed E-state index contributed by atoms with van der Waals surface area (Å²) in [6.07, 6.45) is 4.05. The number of hydrogen-bond donors (Lipinski definition) is 1. The van der Waals surface area contributed by atoms with Crippen molar-refractivity contribution in [3.63, 3.8) is 0 Å².